The van der Waals surface area contributed by atoms with Crippen LogP contribution in [0.2, 0.25) is 0 Å². The first kappa shape index (κ1) is 20.5. The zero-order chi connectivity index (χ0) is 19.9. The summed E-state index contributed by atoms with van der Waals surface area (Å²) < 4.78 is 13.1. The van der Waals surface area contributed by atoms with Gasteiger partial charge in [-0.1, -0.05) is 42.5 Å². The van der Waals surface area contributed by atoms with Gasteiger partial charge in [0.25, 0.3) is 0 Å². The van der Waals surface area contributed by atoms with Crippen LogP contribution in [0.25, 0.3) is 0 Å². The largest absolute Gasteiger partial charge is 0.348 e. The van der Waals surface area contributed by atoms with E-state index in [4.69, 9.17) is 0 Å². The second-order valence-corrected chi connectivity index (χ2v) is 7.61. The third-order valence-corrected chi connectivity index (χ3v) is 5.53. The van der Waals surface area contributed by atoms with Crippen molar-refractivity contribution in [3.8, 4) is 0 Å². The van der Waals surface area contributed by atoms with Gasteiger partial charge in [-0.25, -0.2) is 4.39 Å². The average molecular weight is 384 g/mol. The monoisotopic (exact) mass is 383 g/mol. The van der Waals surface area contributed by atoms with Gasteiger partial charge in [0.2, 0.25) is 5.91 Å². The molecule has 1 aliphatic heterocycles. The van der Waals surface area contributed by atoms with Crippen LogP contribution in [0, 0.1) is 5.82 Å². The van der Waals surface area contributed by atoms with Gasteiger partial charge in [-0.2, -0.15) is 0 Å². The van der Waals surface area contributed by atoms with Crippen LogP contribution in [0.4, 0.5) is 4.39 Å². The van der Waals surface area contributed by atoms with E-state index in [9.17, 15) is 9.18 Å². The molecule has 28 heavy (non-hydrogen) atoms. The Morgan fingerprint density at radius 2 is 1.71 bits per heavy atom. The van der Waals surface area contributed by atoms with Gasteiger partial charge in [0.15, 0.2) is 0 Å². The summed E-state index contributed by atoms with van der Waals surface area (Å²) in [7, 11) is 0. The lowest BCUT2D eigenvalue weighted by atomic mass is 10.1. The van der Waals surface area contributed by atoms with Crippen molar-refractivity contribution in [3.05, 3.63) is 71.5 Å². The molecule has 4 nitrogen and oxygen atoms in total. The molecular formula is C23H30FN3O. The fourth-order valence-corrected chi connectivity index (χ4v) is 3.71. The van der Waals surface area contributed by atoms with E-state index in [0.29, 0.717) is 0 Å². The Kier molecular flexibility index (Phi) is 7.18. The summed E-state index contributed by atoms with van der Waals surface area (Å²) in [5.74, 6) is -0.242. The van der Waals surface area contributed by atoms with Gasteiger partial charge >= 0.3 is 0 Å². The lowest BCUT2D eigenvalue weighted by molar-refractivity contribution is -0.126. The maximum absolute atomic E-state index is 13.1. The van der Waals surface area contributed by atoms with Crippen LogP contribution >= 0.6 is 0 Å². The highest BCUT2D eigenvalue weighted by Crippen LogP contribution is 2.15. The number of benzene rings is 2. The normalized spacial score (nSPS) is 18.2. The molecule has 0 bridgehead atoms. The lowest BCUT2D eigenvalue weighted by Gasteiger charge is -2.28. The Labute approximate surface area is 167 Å². The summed E-state index contributed by atoms with van der Waals surface area (Å²) in [6.07, 6.45) is 1.05. The molecule has 0 aromatic heterocycles. The standard InChI is InChI=1S/C23H30FN3O/c1-18(21-9-11-22(24)12-10-21)25-23(28)19(2)27-14-6-13-26(15-16-27)17-20-7-4-3-5-8-20/h3-5,7-12,18-19H,6,13-17H2,1-2H3,(H,25,28). The van der Waals surface area contributed by atoms with Crippen molar-refractivity contribution in [2.45, 2.75) is 38.9 Å². The minimum Gasteiger partial charge on any atom is -0.348 e. The van der Waals surface area contributed by atoms with Crippen molar-refractivity contribution in [1.29, 1.82) is 0 Å². The Morgan fingerprint density at radius 3 is 2.43 bits per heavy atom. The second kappa shape index (κ2) is 9.80. The van der Waals surface area contributed by atoms with Crippen LogP contribution in [0.1, 0.15) is 37.4 Å². The molecule has 1 aliphatic rings. The number of rotatable bonds is 6. The summed E-state index contributed by atoms with van der Waals surface area (Å²) in [6, 6.07) is 16.5. The van der Waals surface area contributed by atoms with Crippen LogP contribution in [-0.4, -0.2) is 47.9 Å². The van der Waals surface area contributed by atoms with E-state index in [1.807, 2.05) is 19.9 Å². The zero-order valence-corrected chi connectivity index (χ0v) is 16.8. The zero-order valence-electron chi connectivity index (χ0n) is 16.8. The fourth-order valence-electron chi connectivity index (χ4n) is 3.71. The maximum Gasteiger partial charge on any atom is 0.237 e. The molecule has 150 valence electrons. The highest BCUT2D eigenvalue weighted by molar-refractivity contribution is 5.81. The fraction of sp³-hybridized carbons (Fsp3) is 0.435. The lowest BCUT2D eigenvalue weighted by Crippen LogP contribution is -2.47. The van der Waals surface area contributed by atoms with Crippen molar-refractivity contribution in [2.75, 3.05) is 26.2 Å². The number of carbonyl (C=O) groups is 1. The van der Waals surface area contributed by atoms with Crippen LogP contribution < -0.4 is 5.32 Å². The van der Waals surface area contributed by atoms with Crippen LogP contribution in [0.5, 0.6) is 0 Å². The van der Waals surface area contributed by atoms with Crippen molar-refractivity contribution >= 4 is 5.91 Å². The molecule has 2 unspecified atom stereocenters. The third-order valence-electron chi connectivity index (χ3n) is 5.53. The Hall–Kier alpha value is -2.24. The molecule has 0 saturated carbocycles. The van der Waals surface area contributed by atoms with Crippen LogP contribution in [-0.2, 0) is 11.3 Å². The molecule has 0 radical (unpaired) electrons. The Bertz CT molecular complexity index is 750. The molecule has 5 heteroatoms. The average Bonchev–Trinajstić information content (AvgIpc) is 2.94. The van der Waals surface area contributed by atoms with Crippen LogP contribution in [0.15, 0.2) is 54.6 Å². The number of halogens is 1. The van der Waals surface area contributed by atoms with Crippen molar-refractivity contribution in [1.82, 2.24) is 15.1 Å². The van der Waals surface area contributed by atoms with Crippen molar-refractivity contribution in [3.63, 3.8) is 0 Å². The SMILES string of the molecule is CC(NC(=O)C(C)N1CCCN(Cc2ccccc2)CC1)c1ccc(F)cc1. The summed E-state index contributed by atoms with van der Waals surface area (Å²) >= 11 is 0. The molecule has 1 N–H and O–H groups in total. The van der Waals surface area contributed by atoms with E-state index >= 15 is 0 Å². The van der Waals surface area contributed by atoms with Gasteiger partial charge in [-0.05, 0) is 50.1 Å². The third kappa shape index (κ3) is 5.63. The predicted octanol–water partition coefficient (Wildman–Crippen LogP) is 3.60. The second-order valence-electron chi connectivity index (χ2n) is 7.61. The first-order valence-electron chi connectivity index (χ1n) is 10.1. The molecule has 0 spiro atoms. The van der Waals surface area contributed by atoms with Gasteiger partial charge < -0.3 is 5.32 Å². The molecule has 1 saturated heterocycles. The van der Waals surface area contributed by atoms with Gasteiger partial charge in [0.1, 0.15) is 5.82 Å². The molecular weight excluding hydrogens is 353 g/mol. The summed E-state index contributed by atoms with van der Waals surface area (Å²) in [4.78, 5) is 17.5. The van der Waals surface area contributed by atoms with E-state index in [1.165, 1.54) is 17.7 Å². The van der Waals surface area contributed by atoms with E-state index in [1.54, 1.807) is 12.1 Å². The van der Waals surface area contributed by atoms with E-state index in [0.717, 1.165) is 44.7 Å². The minimum atomic E-state index is -0.264. The van der Waals surface area contributed by atoms with E-state index in [2.05, 4.69) is 39.4 Å². The predicted molar refractivity (Wildman–Crippen MR) is 110 cm³/mol. The first-order chi connectivity index (χ1) is 13.5. The topological polar surface area (TPSA) is 35.6 Å². The smallest absolute Gasteiger partial charge is 0.237 e. The number of hydrogen-bond donors (Lipinski definition) is 1. The van der Waals surface area contributed by atoms with Gasteiger partial charge in [-0.15, -0.1) is 0 Å². The highest BCUT2D eigenvalue weighted by Gasteiger charge is 2.25. The Morgan fingerprint density at radius 1 is 1.00 bits per heavy atom. The first-order valence-corrected chi connectivity index (χ1v) is 10.1. The van der Waals surface area contributed by atoms with E-state index < -0.39 is 0 Å². The maximum atomic E-state index is 13.1. The highest BCUT2D eigenvalue weighted by atomic mass is 19.1. The van der Waals surface area contributed by atoms with Crippen LogP contribution in [0.3, 0.4) is 0 Å². The molecule has 2 aromatic carbocycles. The summed E-state index contributed by atoms with van der Waals surface area (Å²) in [5.41, 5.74) is 2.24. The van der Waals surface area contributed by atoms with Gasteiger partial charge in [-0.3, -0.25) is 14.6 Å². The molecule has 2 atom stereocenters. The number of nitrogens with zero attached hydrogens (tertiary/aromatic N) is 2. The quantitative estimate of drug-likeness (QED) is 0.828. The molecule has 3 rings (SSSR count). The number of amides is 1. The number of nitrogens with one attached hydrogen (secondary N) is 1. The summed E-state index contributed by atoms with van der Waals surface area (Å²) in [5, 5.41) is 3.07. The van der Waals surface area contributed by atoms with Gasteiger partial charge in [0, 0.05) is 26.2 Å². The van der Waals surface area contributed by atoms with Gasteiger partial charge in [0.05, 0.1) is 12.1 Å². The molecule has 1 fully saturated rings. The van der Waals surface area contributed by atoms with Crippen molar-refractivity contribution in [2.24, 2.45) is 0 Å². The number of hydrogen-bond acceptors (Lipinski definition) is 3. The molecule has 0 aliphatic carbocycles. The molecule has 1 amide bonds. The van der Waals surface area contributed by atoms with Crippen molar-refractivity contribution < 1.29 is 9.18 Å². The minimum absolute atomic E-state index is 0.0216. The summed E-state index contributed by atoms with van der Waals surface area (Å²) in [6.45, 7) is 8.67. The Balaban J connectivity index is 1.51. The van der Waals surface area contributed by atoms with E-state index in [-0.39, 0.29) is 23.8 Å². The molecule has 2 aromatic rings. The molecule has 1 heterocycles. The number of carbonyl (C=O) groups excluding carboxylic acids is 1.